The number of likely N-dealkylation sites (N-methyl/N-ethyl adjacent to an activating group) is 1. The summed E-state index contributed by atoms with van der Waals surface area (Å²) in [6.45, 7) is 6.42. The molecule has 2 atom stereocenters. The SMILES string of the molecule is CCCO[C@]1(C(=O)Nc2ccc(OCCN(C)C)cc2)CCC[C@H](C)C1. The van der Waals surface area contributed by atoms with Gasteiger partial charge in [-0.3, -0.25) is 4.79 Å². The van der Waals surface area contributed by atoms with Crippen LogP contribution in [0.25, 0.3) is 0 Å². The number of nitrogens with one attached hydrogen (secondary N) is 1. The van der Waals surface area contributed by atoms with Crippen LogP contribution in [0.4, 0.5) is 5.69 Å². The van der Waals surface area contributed by atoms with E-state index in [1.807, 2.05) is 38.4 Å². The van der Waals surface area contributed by atoms with Crippen molar-refractivity contribution in [1.82, 2.24) is 4.90 Å². The number of amides is 1. The molecule has 0 saturated heterocycles. The molecule has 146 valence electrons. The van der Waals surface area contributed by atoms with E-state index < -0.39 is 5.60 Å². The van der Waals surface area contributed by atoms with Gasteiger partial charge < -0.3 is 19.7 Å². The Labute approximate surface area is 158 Å². The Balaban J connectivity index is 1.97. The van der Waals surface area contributed by atoms with Crippen LogP contribution in [-0.4, -0.2) is 50.3 Å². The molecule has 1 amide bonds. The predicted octanol–water partition coefficient (Wildman–Crippen LogP) is 3.94. The fraction of sp³-hybridized carbons (Fsp3) is 0.667. The Bertz CT molecular complexity index is 559. The minimum atomic E-state index is -0.686. The first-order valence-corrected chi connectivity index (χ1v) is 9.78. The molecule has 0 heterocycles. The average Bonchev–Trinajstić information content (AvgIpc) is 2.61. The predicted molar refractivity (Wildman–Crippen MR) is 106 cm³/mol. The first-order chi connectivity index (χ1) is 12.4. The van der Waals surface area contributed by atoms with Crippen LogP contribution in [0, 0.1) is 5.92 Å². The number of ether oxygens (including phenoxy) is 2. The second-order valence-electron chi connectivity index (χ2n) is 7.67. The lowest BCUT2D eigenvalue weighted by atomic mass is 9.78. The standard InChI is InChI=1S/C21H34N2O3/c1-5-14-26-21(12-6-7-17(2)16-21)20(24)22-18-8-10-19(11-9-18)25-15-13-23(3)4/h8-11,17H,5-7,12-16H2,1-4H3,(H,22,24)/t17-,21+/m0/s1. The molecular formula is C21H34N2O3. The highest BCUT2D eigenvalue weighted by molar-refractivity contribution is 5.97. The van der Waals surface area contributed by atoms with Crippen LogP contribution in [0.5, 0.6) is 5.75 Å². The summed E-state index contributed by atoms with van der Waals surface area (Å²) in [6.07, 6.45) is 4.72. The zero-order valence-corrected chi connectivity index (χ0v) is 16.7. The number of rotatable bonds is 9. The third-order valence-electron chi connectivity index (χ3n) is 4.87. The van der Waals surface area contributed by atoms with Crippen LogP contribution in [0.2, 0.25) is 0 Å². The second-order valence-corrected chi connectivity index (χ2v) is 7.67. The summed E-state index contributed by atoms with van der Waals surface area (Å²) in [5.74, 6) is 1.31. The normalized spacial score (nSPS) is 23.0. The molecule has 2 rings (SSSR count). The van der Waals surface area contributed by atoms with E-state index in [2.05, 4.69) is 24.1 Å². The molecule has 1 aliphatic rings. The van der Waals surface area contributed by atoms with E-state index in [-0.39, 0.29) is 5.91 Å². The molecule has 5 nitrogen and oxygen atoms in total. The summed E-state index contributed by atoms with van der Waals surface area (Å²) in [5, 5.41) is 3.06. The average molecular weight is 363 g/mol. The van der Waals surface area contributed by atoms with Crippen LogP contribution < -0.4 is 10.1 Å². The first-order valence-electron chi connectivity index (χ1n) is 9.78. The largest absolute Gasteiger partial charge is 0.492 e. The number of carbonyl (C=O) groups is 1. The maximum absolute atomic E-state index is 13.0. The van der Waals surface area contributed by atoms with E-state index >= 15 is 0 Å². The van der Waals surface area contributed by atoms with Gasteiger partial charge in [0.1, 0.15) is 18.0 Å². The fourth-order valence-corrected chi connectivity index (χ4v) is 3.43. The topological polar surface area (TPSA) is 50.8 Å². The first kappa shape index (κ1) is 20.7. The lowest BCUT2D eigenvalue weighted by molar-refractivity contribution is -0.148. The number of benzene rings is 1. The second kappa shape index (κ2) is 9.93. The molecule has 1 saturated carbocycles. The van der Waals surface area contributed by atoms with Crippen molar-refractivity contribution in [2.24, 2.45) is 5.92 Å². The van der Waals surface area contributed by atoms with Gasteiger partial charge in [0.05, 0.1) is 0 Å². The molecule has 0 radical (unpaired) electrons. The van der Waals surface area contributed by atoms with Gasteiger partial charge in [-0.15, -0.1) is 0 Å². The quantitative estimate of drug-likeness (QED) is 0.723. The maximum Gasteiger partial charge on any atom is 0.256 e. The highest BCUT2D eigenvalue weighted by Gasteiger charge is 2.42. The van der Waals surface area contributed by atoms with Gasteiger partial charge in [-0.25, -0.2) is 0 Å². The molecule has 1 aromatic carbocycles. The van der Waals surface area contributed by atoms with Crippen LogP contribution in [0.3, 0.4) is 0 Å². The molecule has 5 heteroatoms. The fourth-order valence-electron chi connectivity index (χ4n) is 3.43. The van der Waals surface area contributed by atoms with Crippen LogP contribution in [0.1, 0.15) is 46.0 Å². The van der Waals surface area contributed by atoms with Crippen LogP contribution in [0.15, 0.2) is 24.3 Å². The Morgan fingerprint density at radius 1 is 1.27 bits per heavy atom. The van der Waals surface area contributed by atoms with Gasteiger partial charge in [-0.05, 0) is 70.0 Å². The van der Waals surface area contributed by atoms with Gasteiger partial charge in [-0.1, -0.05) is 20.3 Å². The number of nitrogens with zero attached hydrogens (tertiary/aromatic N) is 1. The summed E-state index contributed by atoms with van der Waals surface area (Å²) in [6, 6.07) is 7.58. The number of hydrogen-bond donors (Lipinski definition) is 1. The summed E-state index contributed by atoms with van der Waals surface area (Å²) < 4.78 is 11.8. The monoisotopic (exact) mass is 362 g/mol. The molecule has 1 aliphatic carbocycles. The van der Waals surface area contributed by atoms with Crippen molar-refractivity contribution >= 4 is 11.6 Å². The van der Waals surface area contributed by atoms with Crippen LogP contribution >= 0.6 is 0 Å². The molecule has 0 aromatic heterocycles. The summed E-state index contributed by atoms with van der Waals surface area (Å²) >= 11 is 0. The molecule has 0 aliphatic heterocycles. The number of hydrogen-bond acceptors (Lipinski definition) is 4. The molecule has 1 fully saturated rings. The van der Waals surface area contributed by atoms with E-state index in [9.17, 15) is 4.79 Å². The lowest BCUT2D eigenvalue weighted by Gasteiger charge is -2.38. The van der Waals surface area contributed by atoms with Gasteiger partial charge >= 0.3 is 0 Å². The lowest BCUT2D eigenvalue weighted by Crippen LogP contribution is -2.48. The van der Waals surface area contributed by atoms with Crippen molar-refractivity contribution in [3.05, 3.63) is 24.3 Å². The number of carbonyl (C=O) groups excluding carboxylic acids is 1. The van der Waals surface area contributed by atoms with E-state index in [1.54, 1.807) is 0 Å². The summed E-state index contributed by atoms with van der Waals surface area (Å²) in [5.41, 5.74) is 0.0989. The molecule has 0 bridgehead atoms. The maximum atomic E-state index is 13.0. The van der Waals surface area contributed by atoms with Crippen molar-refractivity contribution < 1.29 is 14.3 Å². The van der Waals surface area contributed by atoms with E-state index in [4.69, 9.17) is 9.47 Å². The van der Waals surface area contributed by atoms with Crippen molar-refractivity contribution in [3.63, 3.8) is 0 Å². The third-order valence-corrected chi connectivity index (χ3v) is 4.87. The molecule has 1 aromatic rings. The minimum Gasteiger partial charge on any atom is -0.492 e. The van der Waals surface area contributed by atoms with Crippen molar-refractivity contribution in [1.29, 1.82) is 0 Å². The summed E-state index contributed by atoms with van der Waals surface area (Å²) in [7, 11) is 4.04. The number of anilines is 1. The Hall–Kier alpha value is -1.59. The smallest absolute Gasteiger partial charge is 0.256 e. The summed E-state index contributed by atoms with van der Waals surface area (Å²) in [4.78, 5) is 15.1. The van der Waals surface area contributed by atoms with Gasteiger partial charge in [0.15, 0.2) is 0 Å². The molecule has 0 unspecified atom stereocenters. The Morgan fingerprint density at radius 3 is 2.62 bits per heavy atom. The van der Waals surface area contributed by atoms with Gasteiger partial charge in [-0.2, -0.15) is 0 Å². The van der Waals surface area contributed by atoms with Crippen molar-refractivity contribution in [3.8, 4) is 5.75 Å². The highest BCUT2D eigenvalue weighted by Crippen LogP contribution is 2.36. The van der Waals surface area contributed by atoms with E-state index in [0.29, 0.717) is 19.1 Å². The Kier molecular flexibility index (Phi) is 7.91. The zero-order valence-electron chi connectivity index (χ0n) is 16.7. The van der Waals surface area contributed by atoms with Gasteiger partial charge in [0.25, 0.3) is 5.91 Å². The highest BCUT2D eigenvalue weighted by atomic mass is 16.5. The van der Waals surface area contributed by atoms with Crippen molar-refractivity contribution in [2.45, 2.75) is 51.6 Å². The van der Waals surface area contributed by atoms with E-state index in [1.165, 1.54) is 6.42 Å². The molecule has 0 spiro atoms. The minimum absolute atomic E-state index is 0.0150. The molecule has 26 heavy (non-hydrogen) atoms. The molecular weight excluding hydrogens is 328 g/mol. The van der Waals surface area contributed by atoms with Gasteiger partial charge in [0, 0.05) is 18.8 Å². The molecule has 1 N–H and O–H groups in total. The zero-order chi connectivity index (χ0) is 19.0. The third kappa shape index (κ3) is 5.99. The van der Waals surface area contributed by atoms with Crippen molar-refractivity contribution in [2.75, 3.05) is 39.2 Å². The van der Waals surface area contributed by atoms with E-state index in [0.717, 1.165) is 43.7 Å². The van der Waals surface area contributed by atoms with Gasteiger partial charge in [0.2, 0.25) is 0 Å². The Morgan fingerprint density at radius 2 is 2.00 bits per heavy atom. The van der Waals surface area contributed by atoms with Crippen LogP contribution in [-0.2, 0) is 9.53 Å².